The number of aromatic nitrogens is 2. The van der Waals surface area contributed by atoms with Crippen molar-refractivity contribution >= 4 is 34.5 Å². The van der Waals surface area contributed by atoms with E-state index >= 15 is 0 Å². The van der Waals surface area contributed by atoms with Crippen LogP contribution in [0.15, 0.2) is 48.8 Å². The number of ether oxygens (including phenoxy) is 1. The number of benzene rings is 1. The topological polar surface area (TPSA) is 82.6 Å². The van der Waals surface area contributed by atoms with Crippen LogP contribution in [0, 0.1) is 12.7 Å². The Balaban J connectivity index is 1.27. The third-order valence-electron chi connectivity index (χ3n) is 7.08. The number of carbonyl (C=O) groups excluding carboxylic acids is 1. The Bertz CT molecular complexity index is 1240. The van der Waals surface area contributed by atoms with Crippen LogP contribution in [0.1, 0.15) is 41.7 Å². The molecule has 37 heavy (non-hydrogen) atoms. The molecule has 2 aliphatic heterocycles. The van der Waals surface area contributed by atoms with Gasteiger partial charge in [0.15, 0.2) is 0 Å². The van der Waals surface area contributed by atoms with Crippen LogP contribution >= 0.6 is 0 Å². The van der Waals surface area contributed by atoms with Crippen LogP contribution in [0.5, 0.6) is 0 Å². The first-order chi connectivity index (χ1) is 18.0. The smallest absolute Gasteiger partial charge is 0.257 e. The van der Waals surface area contributed by atoms with Gasteiger partial charge in [0.05, 0.1) is 35.0 Å². The molecule has 0 atom stereocenters. The van der Waals surface area contributed by atoms with Crippen LogP contribution in [0.4, 0.5) is 33.0 Å². The van der Waals surface area contributed by atoms with Crippen molar-refractivity contribution in [2.75, 3.05) is 53.8 Å². The number of hydrogen-bond donors (Lipinski definition) is 2. The molecular formula is C28H33FN6O2. The van der Waals surface area contributed by atoms with E-state index in [9.17, 15) is 9.18 Å². The van der Waals surface area contributed by atoms with Gasteiger partial charge in [-0.2, -0.15) is 0 Å². The summed E-state index contributed by atoms with van der Waals surface area (Å²) in [6, 6.07) is 10.8. The number of hydrogen-bond acceptors (Lipinski definition) is 7. The predicted molar refractivity (Wildman–Crippen MR) is 145 cm³/mol. The fourth-order valence-corrected chi connectivity index (χ4v) is 4.93. The Hall–Kier alpha value is -3.72. The zero-order valence-electron chi connectivity index (χ0n) is 21.3. The van der Waals surface area contributed by atoms with E-state index in [1.165, 1.54) is 6.07 Å². The quantitative estimate of drug-likeness (QED) is 0.461. The van der Waals surface area contributed by atoms with Crippen molar-refractivity contribution in [1.82, 2.24) is 9.97 Å². The number of amides is 1. The van der Waals surface area contributed by atoms with Crippen molar-refractivity contribution in [1.29, 1.82) is 0 Å². The van der Waals surface area contributed by atoms with E-state index in [1.807, 2.05) is 25.2 Å². The highest BCUT2D eigenvalue weighted by Crippen LogP contribution is 2.28. The normalized spacial score (nSPS) is 16.0. The second kappa shape index (κ2) is 11.1. The molecule has 0 aliphatic carbocycles. The van der Waals surface area contributed by atoms with Crippen molar-refractivity contribution in [3.63, 3.8) is 0 Å². The van der Waals surface area contributed by atoms with Gasteiger partial charge in [-0.3, -0.25) is 9.78 Å². The second-order valence-electron chi connectivity index (χ2n) is 9.69. The van der Waals surface area contributed by atoms with Crippen molar-refractivity contribution in [2.24, 2.45) is 0 Å². The molecule has 2 aromatic heterocycles. The Morgan fingerprint density at radius 1 is 1.03 bits per heavy atom. The standard InChI is InChI=1S/C28H33FN6O2/c1-19-26(28(36)33-21-5-6-27(31-17-21)34(2)24-7-11-37-12-8-24)16-23(18-30-19)32-22-13-20(29)14-25(15-22)35-9-3-4-10-35/h5-6,13-18,24,32H,3-4,7-12H2,1-2H3,(H,33,36). The molecule has 4 heterocycles. The highest BCUT2D eigenvalue weighted by atomic mass is 19.1. The zero-order chi connectivity index (χ0) is 25.8. The first-order valence-corrected chi connectivity index (χ1v) is 12.8. The van der Waals surface area contributed by atoms with Crippen molar-refractivity contribution in [3.8, 4) is 0 Å². The van der Waals surface area contributed by atoms with Crippen LogP contribution < -0.4 is 20.4 Å². The molecule has 8 nitrogen and oxygen atoms in total. The highest BCUT2D eigenvalue weighted by Gasteiger charge is 2.20. The molecule has 2 aliphatic rings. The monoisotopic (exact) mass is 504 g/mol. The number of nitrogens with one attached hydrogen (secondary N) is 2. The van der Waals surface area contributed by atoms with Gasteiger partial charge in [-0.15, -0.1) is 0 Å². The summed E-state index contributed by atoms with van der Waals surface area (Å²) < 4.78 is 19.8. The molecule has 3 aromatic rings. The van der Waals surface area contributed by atoms with E-state index in [-0.39, 0.29) is 11.7 Å². The van der Waals surface area contributed by atoms with E-state index in [1.54, 1.807) is 31.5 Å². The summed E-state index contributed by atoms with van der Waals surface area (Å²) >= 11 is 0. The zero-order valence-corrected chi connectivity index (χ0v) is 21.3. The van der Waals surface area contributed by atoms with E-state index in [2.05, 4.69) is 30.4 Å². The molecule has 2 N–H and O–H groups in total. The number of rotatable bonds is 7. The second-order valence-corrected chi connectivity index (χ2v) is 9.69. The third kappa shape index (κ3) is 5.99. The van der Waals surface area contributed by atoms with Crippen molar-refractivity contribution in [2.45, 2.75) is 38.6 Å². The number of halogens is 1. The lowest BCUT2D eigenvalue weighted by molar-refractivity contribution is 0.0853. The SMILES string of the molecule is Cc1ncc(Nc2cc(F)cc(N3CCCC3)c2)cc1C(=O)Nc1ccc(N(C)C2CCOCC2)nc1. The molecule has 0 saturated carbocycles. The van der Waals surface area contributed by atoms with Gasteiger partial charge in [0.2, 0.25) is 0 Å². The fourth-order valence-electron chi connectivity index (χ4n) is 4.93. The molecule has 0 radical (unpaired) electrons. The molecule has 0 bridgehead atoms. The van der Waals surface area contributed by atoms with E-state index < -0.39 is 0 Å². The summed E-state index contributed by atoms with van der Waals surface area (Å²) in [5.41, 5.74) is 3.73. The summed E-state index contributed by atoms with van der Waals surface area (Å²) in [4.78, 5) is 26.4. The van der Waals surface area contributed by atoms with E-state index in [4.69, 9.17) is 4.74 Å². The summed E-state index contributed by atoms with van der Waals surface area (Å²) in [6.45, 7) is 5.19. The Morgan fingerprint density at radius 2 is 1.78 bits per heavy atom. The van der Waals surface area contributed by atoms with Gasteiger partial charge in [0.25, 0.3) is 5.91 Å². The van der Waals surface area contributed by atoms with Gasteiger partial charge < -0.3 is 25.2 Å². The maximum absolute atomic E-state index is 14.3. The van der Waals surface area contributed by atoms with E-state index in [0.717, 1.165) is 63.5 Å². The van der Waals surface area contributed by atoms with Crippen LogP contribution in [0.25, 0.3) is 0 Å². The first-order valence-electron chi connectivity index (χ1n) is 12.8. The number of carbonyl (C=O) groups is 1. The van der Waals surface area contributed by atoms with Crippen molar-refractivity contribution < 1.29 is 13.9 Å². The Morgan fingerprint density at radius 3 is 2.51 bits per heavy atom. The lowest BCUT2D eigenvalue weighted by Gasteiger charge is -2.32. The molecule has 194 valence electrons. The molecule has 9 heteroatoms. The lowest BCUT2D eigenvalue weighted by atomic mass is 10.1. The number of nitrogens with zero attached hydrogens (tertiary/aromatic N) is 4. The van der Waals surface area contributed by atoms with Gasteiger partial charge in [0, 0.05) is 50.8 Å². The molecular weight excluding hydrogens is 471 g/mol. The molecule has 0 spiro atoms. The summed E-state index contributed by atoms with van der Waals surface area (Å²) in [5.74, 6) is 0.277. The maximum Gasteiger partial charge on any atom is 0.257 e. The highest BCUT2D eigenvalue weighted by molar-refractivity contribution is 6.05. The summed E-state index contributed by atoms with van der Waals surface area (Å²) in [6.07, 6.45) is 7.50. The number of anilines is 5. The molecule has 1 amide bonds. The van der Waals surface area contributed by atoms with Gasteiger partial charge in [-0.25, -0.2) is 9.37 Å². The molecule has 0 unspecified atom stereocenters. The minimum Gasteiger partial charge on any atom is -0.381 e. The Kier molecular flexibility index (Phi) is 7.50. The average Bonchev–Trinajstić information content (AvgIpc) is 3.45. The third-order valence-corrected chi connectivity index (χ3v) is 7.08. The van der Waals surface area contributed by atoms with Crippen molar-refractivity contribution in [3.05, 3.63) is 65.9 Å². The number of pyridine rings is 2. The van der Waals surface area contributed by atoms with Crippen LogP contribution in [-0.2, 0) is 4.74 Å². The maximum atomic E-state index is 14.3. The van der Waals surface area contributed by atoms with Crippen LogP contribution in [0.3, 0.4) is 0 Å². The summed E-state index contributed by atoms with van der Waals surface area (Å²) in [5, 5.41) is 6.13. The van der Waals surface area contributed by atoms with Gasteiger partial charge >= 0.3 is 0 Å². The van der Waals surface area contributed by atoms with E-state index in [0.29, 0.717) is 34.4 Å². The minimum atomic E-state index is -0.302. The molecule has 2 fully saturated rings. The first kappa shape index (κ1) is 25.0. The molecule has 5 rings (SSSR count). The molecule has 1 aromatic carbocycles. The fraction of sp³-hybridized carbons (Fsp3) is 0.393. The lowest BCUT2D eigenvalue weighted by Crippen LogP contribution is -2.37. The predicted octanol–water partition coefficient (Wildman–Crippen LogP) is 5.14. The number of aryl methyl sites for hydroxylation is 1. The average molecular weight is 505 g/mol. The van der Waals surface area contributed by atoms with Crippen LogP contribution in [0.2, 0.25) is 0 Å². The summed E-state index contributed by atoms with van der Waals surface area (Å²) in [7, 11) is 2.04. The molecule has 2 saturated heterocycles. The Labute approximate surface area is 216 Å². The van der Waals surface area contributed by atoms with Gasteiger partial charge in [0.1, 0.15) is 11.6 Å². The van der Waals surface area contributed by atoms with Crippen LogP contribution in [-0.4, -0.2) is 55.3 Å². The minimum absolute atomic E-state index is 0.280. The van der Waals surface area contributed by atoms with Gasteiger partial charge in [-0.05, 0) is 69.0 Å². The largest absolute Gasteiger partial charge is 0.381 e. The van der Waals surface area contributed by atoms with Gasteiger partial charge in [-0.1, -0.05) is 0 Å².